The summed E-state index contributed by atoms with van der Waals surface area (Å²) in [6.07, 6.45) is -0.393. The van der Waals surface area contributed by atoms with Crippen LogP contribution in [0.3, 0.4) is 0 Å². The van der Waals surface area contributed by atoms with Crippen molar-refractivity contribution in [2.75, 3.05) is 44.7 Å². The number of esters is 1. The van der Waals surface area contributed by atoms with Gasteiger partial charge in [-0.1, -0.05) is 6.07 Å². The average molecular weight is 377 g/mol. The number of anilines is 1. The molecule has 9 heteroatoms. The molecule has 1 aromatic carbocycles. The van der Waals surface area contributed by atoms with Crippen molar-refractivity contribution in [1.29, 1.82) is 0 Å². The van der Waals surface area contributed by atoms with Crippen molar-refractivity contribution in [2.45, 2.75) is 13.8 Å². The monoisotopic (exact) mass is 377 g/mol. The number of benzene rings is 1. The van der Waals surface area contributed by atoms with Crippen molar-refractivity contribution >= 4 is 29.6 Å². The molecule has 1 saturated heterocycles. The van der Waals surface area contributed by atoms with Gasteiger partial charge in [0.1, 0.15) is 0 Å². The molecule has 9 nitrogen and oxygen atoms in total. The van der Waals surface area contributed by atoms with E-state index in [0.717, 1.165) is 0 Å². The van der Waals surface area contributed by atoms with Gasteiger partial charge in [0.2, 0.25) is 5.91 Å². The number of nitrogens with one attached hydrogen (secondary N) is 1. The van der Waals surface area contributed by atoms with Crippen LogP contribution in [0.2, 0.25) is 0 Å². The molecule has 1 aliphatic rings. The predicted molar refractivity (Wildman–Crippen MR) is 96.2 cm³/mol. The van der Waals surface area contributed by atoms with E-state index in [-0.39, 0.29) is 24.0 Å². The van der Waals surface area contributed by atoms with Crippen molar-refractivity contribution in [1.82, 2.24) is 9.80 Å². The first-order valence-electron chi connectivity index (χ1n) is 8.65. The Morgan fingerprint density at radius 2 is 1.70 bits per heavy atom. The molecular weight excluding hydrogens is 354 g/mol. The van der Waals surface area contributed by atoms with Gasteiger partial charge < -0.3 is 24.6 Å². The third-order valence-electron chi connectivity index (χ3n) is 3.90. The SMILES string of the molecule is CCOC(=O)N1CCN(C(=O)COC(=O)c2cccc(NC(C)=O)c2)CC1. The summed E-state index contributed by atoms with van der Waals surface area (Å²) >= 11 is 0. The fourth-order valence-electron chi connectivity index (χ4n) is 2.58. The Labute approximate surface area is 157 Å². The zero-order valence-electron chi connectivity index (χ0n) is 15.4. The number of hydrogen-bond acceptors (Lipinski definition) is 6. The first kappa shape index (κ1) is 20.2. The average Bonchev–Trinajstić information content (AvgIpc) is 2.66. The van der Waals surface area contributed by atoms with Crippen LogP contribution >= 0.6 is 0 Å². The van der Waals surface area contributed by atoms with Crippen LogP contribution in [0, 0.1) is 0 Å². The zero-order valence-corrected chi connectivity index (χ0v) is 15.4. The summed E-state index contributed by atoms with van der Waals surface area (Å²) in [5.41, 5.74) is 0.708. The molecule has 1 aliphatic heterocycles. The third kappa shape index (κ3) is 5.98. The Morgan fingerprint density at radius 3 is 2.33 bits per heavy atom. The minimum atomic E-state index is -0.652. The summed E-state index contributed by atoms with van der Waals surface area (Å²) in [5, 5.41) is 2.57. The topological polar surface area (TPSA) is 105 Å². The summed E-state index contributed by atoms with van der Waals surface area (Å²) in [4.78, 5) is 50.1. The van der Waals surface area contributed by atoms with E-state index in [0.29, 0.717) is 38.5 Å². The van der Waals surface area contributed by atoms with E-state index < -0.39 is 12.1 Å². The highest BCUT2D eigenvalue weighted by atomic mass is 16.6. The van der Waals surface area contributed by atoms with Crippen molar-refractivity contribution in [3.8, 4) is 0 Å². The second-order valence-corrected chi connectivity index (χ2v) is 5.90. The van der Waals surface area contributed by atoms with Crippen LogP contribution in [0.5, 0.6) is 0 Å². The fourth-order valence-corrected chi connectivity index (χ4v) is 2.58. The quantitative estimate of drug-likeness (QED) is 0.771. The molecular formula is C18H23N3O6. The van der Waals surface area contributed by atoms with Crippen LogP contribution in [-0.2, 0) is 19.1 Å². The lowest BCUT2D eigenvalue weighted by molar-refractivity contribution is -0.136. The van der Waals surface area contributed by atoms with Crippen molar-refractivity contribution in [3.05, 3.63) is 29.8 Å². The number of rotatable bonds is 5. The van der Waals surface area contributed by atoms with Crippen LogP contribution < -0.4 is 5.32 Å². The van der Waals surface area contributed by atoms with E-state index in [9.17, 15) is 19.2 Å². The summed E-state index contributed by atoms with van der Waals surface area (Å²) in [7, 11) is 0. The molecule has 0 saturated carbocycles. The van der Waals surface area contributed by atoms with Crippen LogP contribution in [-0.4, -0.2) is 73.1 Å². The van der Waals surface area contributed by atoms with E-state index in [1.54, 1.807) is 19.1 Å². The molecule has 0 aliphatic carbocycles. The molecule has 1 fully saturated rings. The van der Waals surface area contributed by atoms with Gasteiger partial charge >= 0.3 is 12.1 Å². The molecule has 146 valence electrons. The van der Waals surface area contributed by atoms with Crippen LogP contribution in [0.15, 0.2) is 24.3 Å². The maximum Gasteiger partial charge on any atom is 0.409 e. The molecule has 1 heterocycles. The number of piperazine rings is 1. The van der Waals surface area contributed by atoms with Gasteiger partial charge in [0.25, 0.3) is 5.91 Å². The van der Waals surface area contributed by atoms with E-state index in [1.165, 1.54) is 28.9 Å². The molecule has 3 amide bonds. The molecule has 2 rings (SSSR count). The molecule has 0 radical (unpaired) electrons. The lowest BCUT2D eigenvalue weighted by atomic mass is 10.2. The number of amides is 3. The van der Waals surface area contributed by atoms with Crippen LogP contribution in [0.25, 0.3) is 0 Å². The zero-order chi connectivity index (χ0) is 19.8. The van der Waals surface area contributed by atoms with E-state index >= 15 is 0 Å². The Morgan fingerprint density at radius 1 is 1.04 bits per heavy atom. The highest BCUT2D eigenvalue weighted by molar-refractivity contribution is 5.94. The summed E-state index contributed by atoms with van der Waals surface area (Å²) in [5.74, 6) is -1.23. The van der Waals surface area contributed by atoms with Crippen molar-refractivity contribution in [3.63, 3.8) is 0 Å². The molecule has 1 N–H and O–H groups in total. The highest BCUT2D eigenvalue weighted by Crippen LogP contribution is 2.12. The second-order valence-electron chi connectivity index (χ2n) is 5.90. The standard InChI is InChI=1S/C18H23N3O6/c1-3-26-18(25)21-9-7-20(8-10-21)16(23)12-27-17(24)14-5-4-6-15(11-14)19-13(2)22/h4-6,11H,3,7-10,12H2,1-2H3,(H,19,22). The van der Waals surface area contributed by atoms with Gasteiger partial charge in [-0.05, 0) is 25.1 Å². The van der Waals surface area contributed by atoms with Gasteiger partial charge in [0.15, 0.2) is 6.61 Å². The van der Waals surface area contributed by atoms with Crippen LogP contribution in [0.1, 0.15) is 24.2 Å². The fraction of sp³-hybridized carbons (Fsp3) is 0.444. The molecule has 0 atom stereocenters. The smallest absolute Gasteiger partial charge is 0.409 e. The van der Waals surface area contributed by atoms with Gasteiger partial charge in [0.05, 0.1) is 12.2 Å². The minimum Gasteiger partial charge on any atom is -0.452 e. The van der Waals surface area contributed by atoms with Gasteiger partial charge in [-0.2, -0.15) is 0 Å². The molecule has 0 bridgehead atoms. The lowest BCUT2D eigenvalue weighted by Crippen LogP contribution is -2.51. The molecule has 0 spiro atoms. The second kappa shape index (κ2) is 9.56. The Bertz CT molecular complexity index is 713. The van der Waals surface area contributed by atoms with Crippen molar-refractivity contribution < 1.29 is 28.7 Å². The van der Waals surface area contributed by atoms with E-state index in [2.05, 4.69) is 5.32 Å². The molecule has 1 aromatic rings. The first-order valence-corrected chi connectivity index (χ1v) is 8.65. The minimum absolute atomic E-state index is 0.237. The number of ether oxygens (including phenoxy) is 2. The van der Waals surface area contributed by atoms with Gasteiger partial charge in [-0.15, -0.1) is 0 Å². The van der Waals surface area contributed by atoms with Crippen LogP contribution in [0.4, 0.5) is 10.5 Å². The van der Waals surface area contributed by atoms with Gasteiger partial charge in [-0.25, -0.2) is 9.59 Å². The summed E-state index contributed by atoms with van der Waals surface area (Å²) in [6, 6.07) is 6.27. The predicted octanol–water partition coefficient (Wildman–Crippen LogP) is 1.10. The Kier molecular flexibility index (Phi) is 7.16. The Hall–Kier alpha value is -3.10. The largest absolute Gasteiger partial charge is 0.452 e. The molecule has 0 unspecified atom stereocenters. The number of carbonyl (C=O) groups excluding carboxylic acids is 4. The summed E-state index contributed by atoms with van der Waals surface area (Å²) in [6.45, 7) is 4.47. The maximum atomic E-state index is 12.2. The highest BCUT2D eigenvalue weighted by Gasteiger charge is 2.25. The van der Waals surface area contributed by atoms with Crippen molar-refractivity contribution in [2.24, 2.45) is 0 Å². The lowest BCUT2D eigenvalue weighted by Gasteiger charge is -2.33. The summed E-state index contributed by atoms with van der Waals surface area (Å²) < 4.78 is 9.99. The Balaban J connectivity index is 1.81. The van der Waals surface area contributed by atoms with Gasteiger partial charge in [-0.3, -0.25) is 9.59 Å². The van der Waals surface area contributed by atoms with E-state index in [1.807, 2.05) is 0 Å². The number of nitrogens with zero attached hydrogens (tertiary/aromatic N) is 2. The third-order valence-corrected chi connectivity index (χ3v) is 3.90. The van der Waals surface area contributed by atoms with Gasteiger partial charge in [0, 0.05) is 38.8 Å². The number of carbonyl (C=O) groups is 4. The molecule has 27 heavy (non-hydrogen) atoms. The number of hydrogen-bond donors (Lipinski definition) is 1. The van der Waals surface area contributed by atoms with E-state index in [4.69, 9.17) is 9.47 Å². The first-order chi connectivity index (χ1) is 12.9. The maximum absolute atomic E-state index is 12.2. The molecule has 0 aromatic heterocycles. The normalized spacial score (nSPS) is 13.7.